The van der Waals surface area contributed by atoms with Crippen molar-refractivity contribution < 1.29 is 9.13 Å². The number of hydrazine groups is 1. The molecular formula is C13H12BrFN4O. The minimum atomic E-state index is -0.338. The molecule has 5 nitrogen and oxygen atoms in total. The van der Waals surface area contributed by atoms with Gasteiger partial charge in [-0.1, -0.05) is 15.9 Å². The number of ether oxygens (including phenoxy) is 1. The summed E-state index contributed by atoms with van der Waals surface area (Å²) < 4.78 is 19.5. The number of aromatic nitrogens is 2. The van der Waals surface area contributed by atoms with Gasteiger partial charge >= 0.3 is 0 Å². The first-order valence-electron chi connectivity index (χ1n) is 6.08. The summed E-state index contributed by atoms with van der Waals surface area (Å²) in [5, 5.41) is 0. The van der Waals surface area contributed by atoms with E-state index >= 15 is 0 Å². The van der Waals surface area contributed by atoms with E-state index in [1.807, 2.05) is 0 Å². The van der Waals surface area contributed by atoms with Gasteiger partial charge in [0, 0.05) is 22.0 Å². The number of nitrogens with two attached hydrogens (primary N) is 1. The highest BCUT2D eigenvalue weighted by molar-refractivity contribution is 9.10. The van der Waals surface area contributed by atoms with E-state index in [1.165, 1.54) is 12.1 Å². The summed E-state index contributed by atoms with van der Waals surface area (Å²) in [5.74, 6) is 6.12. The van der Waals surface area contributed by atoms with Crippen molar-refractivity contribution in [2.75, 3.05) is 12.0 Å². The Morgan fingerprint density at radius 3 is 3.00 bits per heavy atom. The lowest BCUT2D eigenvalue weighted by atomic mass is 10.1. The zero-order valence-corrected chi connectivity index (χ0v) is 12.1. The number of fused-ring (bicyclic) bond motifs is 1. The Balaban J connectivity index is 2.17. The number of rotatable bonds is 2. The van der Waals surface area contributed by atoms with Gasteiger partial charge in [0.25, 0.3) is 0 Å². The summed E-state index contributed by atoms with van der Waals surface area (Å²) in [6.45, 7) is 1.04. The Labute approximate surface area is 123 Å². The fraction of sp³-hybridized carbons (Fsp3) is 0.231. The van der Waals surface area contributed by atoms with Crippen LogP contribution in [0.15, 0.2) is 22.7 Å². The van der Waals surface area contributed by atoms with Crippen LogP contribution in [0.4, 0.5) is 10.2 Å². The van der Waals surface area contributed by atoms with Crippen molar-refractivity contribution in [3.8, 4) is 11.4 Å². The Morgan fingerprint density at radius 2 is 2.20 bits per heavy atom. The molecule has 1 aromatic heterocycles. The lowest BCUT2D eigenvalue weighted by Crippen LogP contribution is -2.19. The molecule has 20 heavy (non-hydrogen) atoms. The first-order valence-corrected chi connectivity index (χ1v) is 6.88. The summed E-state index contributed by atoms with van der Waals surface area (Å²) in [6.07, 6.45) is 0.687. The number of benzene rings is 1. The van der Waals surface area contributed by atoms with Gasteiger partial charge in [-0.05, 0) is 18.2 Å². The third-order valence-corrected chi connectivity index (χ3v) is 3.82. The smallest absolute Gasteiger partial charge is 0.163 e. The van der Waals surface area contributed by atoms with Crippen molar-refractivity contribution in [1.82, 2.24) is 9.97 Å². The molecular weight excluding hydrogens is 327 g/mol. The van der Waals surface area contributed by atoms with Crippen LogP contribution in [0.25, 0.3) is 11.4 Å². The average molecular weight is 339 g/mol. The van der Waals surface area contributed by atoms with Crippen molar-refractivity contribution in [2.45, 2.75) is 13.0 Å². The highest BCUT2D eigenvalue weighted by atomic mass is 79.9. The molecule has 3 rings (SSSR count). The van der Waals surface area contributed by atoms with E-state index in [2.05, 4.69) is 31.3 Å². The van der Waals surface area contributed by atoms with Crippen LogP contribution in [0.2, 0.25) is 0 Å². The summed E-state index contributed by atoms with van der Waals surface area (Å²) in [4.78, 5) is 8.86. The molecule has 0 spiro atoms. The largest absolute Gasteiger partial charge is 0.376 e. The Bertz CT molecular complexity index is 648. The minimum absolute atomic E-state index is 0.338. The third kappa shape index (κ3) is 2.39. The molecule has 1 aliphatic heterocycles. The zero-order valence-electron chi connectivity index (χ0n) is 10.5. The molecule has 0 aliphatic carbocycles. The van der Waals surface area contributed by atoms with E-state index in [1.54, 1.807) is 6.07 Å². The molecule has 0 amide bonds. The van der Waals surface area contributed by atoms with E-state index in [4.69, 9.17) is 10.6 Å². The highest BCUT2D eigenvalue weighted by Gasteiger charge is 2.19. The minimum Gasteiger partial charge on any atom is -0.376 e. The molecule has 0 atom stereocenters. The van der Waals surface area contributed by atoms with Crippen molar-refractivity contribution >= 4 is 21.7 Å². The molecule has 0 saturated carbocycles. The second kappa shape index (κ2) is 5.43. The maximum absolute atomic E-state index is 13.4. The molecule has 1 aliphatic rings. The van der Waals surface area contributed by atoms with Gasteiger partial charge < -0.3 is 10.2 Å². The SMILES string of the molecule is NNc1nc(-c2cc(F)ccc2Br)nc2c1COCC2. The maximum atomic E-state index is 13.4. The molecule has 0 unspecified atom stereocenters. The van der Waals surface area contributed by atoms with Crippen LogP contribution < -0.4 is 11.3 Å². The van der Waals surface area contributed by atoms with E-state index in [9.17, 15) is 4.39 Å². The van der Waals surface area contributed by atoms with Gasteiger partial charge in [-0.15, -0.1) is 0 Å². The number of nitrogens with zero attached hydrogens (tertiary/aromatic N) is 2. The summed E-state index contributed by atoms with van der Waals surface area (Å²) >= 11 is 3.39. The van der Waals surface area contributed by atoms with E-state index in [-0.39, 0.29) is 5.82 Å². The maximum Gasteiger partial charge on any atom is 0.163 e. The summed E-state index contributed by atoms with van der Waals surface area (Å²) in [7, 11) is 0. The fourth-order valence-electron chi connectivity index (χ4n) is 2.14. The first-order chi connectivity index (χ1) is 9.69. The molecule has 2 aromatic rings. The standard InChI is InChI=1S/C13H12BrFN4O/c14-10-2-1-7(15)5-8(10)12-17-11-3-4-20-6-9(11)13(18-12)19-16/h1-2,5H,3-4,6,16H2,(H,17,18,19). The molecule has 0 radical (unpaired) electrons. The summed E-state index contributed by atoms with van der Waals surface area (Å²) in [5.41, 5.74) is 4.89. The molecule has 3 N–H and O–H groups in total. The Kier molecular flexibility index (Phi) is 3.64. The second-order valence-electron chi connectivity index (χ2n) is 4.39. The van der Waals surface area contributed by atoms with E-state index in [0.717, 1.165) is 15.7 Å². The quantitative estimate of drug-likeness (QED) is 0.649. The topological polar surface area (TPSA) is 73.1 Å². The lowest BCUT2D eigenvalue weighted by molar-refractivity contribution is 0.109. The number of hydrogen-bond acceptors (Lipinski definition) is 5. The normalized spacial score (nSPS) is 13.9. The molecule has 2 heterocycles. The van der Waals surface area contributed by atoms with Gasteiger partial charge in [0.2, 0.25) is 0 Å². The van der Waals surface area contributed by atoms with Gasteiger partial charge in [0.05, 0.1) is 18.9 Å². The van der Waals surface area contributed by atoms with Crippen LogP contribution in [0.1, 0.15) is 11.3 Å². The van der Waals surface area contributed by atoms with Gasteiger partial charge in [-0.2, -0.15) is 0 Å². The predicted molar refractivity (Wildman–Crippen MR) is 76.3 cm³/mol. The fourth-order valence-corrected chi connectivity index (χ4v) is 2.56. The number of hydrogen-bond donors (Lipinski definition) is 2. The molecule has 0 bridgehead atoms. The van der Waals surface area contributed by atoms with Gasteiger partial charge in [-0.3, -0.25) is 0 Å². The predicted octanol–water partition coefficient (Wildman–Crippen LogP) is 2.40. The van der Waals surface area contributed by atoms with E-state index < -0.39 is 0 Å². The first kappa shape index (κ1) is 13.4. The highest BCUT2D eigenvalue weighted by Crippen LogP contribution is 2.30. The van der Waals surface area contributed by atoms with Gasteiger partial charge in [0.15, 0.2) is 5.82 Å². The van der Waals surface area contributed by atoms with Gasteiger partial charge in [-0.25, -0.2) is 20.2 Å². The van der Waals surface area contributed by atoms with Crippen molar-refractivity contribution in [1.29, 1.82) is 0 Å². The van der Waals surface area contributed by atoms with Crippen LogP contribution in [-0.2, 0) is 17.8 Å². The third-order valence-electron chi connectivity index (χ3n) is 3.13. The van der Waals surface area contributed by atoms with Crippen molar-refractivity contribution in [3.05, 3.63) is 39.7 Å². The van der Waals surface area contributed by atoms with Crippen LogP contribution >= 0.6 is 15.9 Å². The van der Waals surface area contributed by atoms with Crippen molar-refractivity contribution in [2.24, 2.45) is 5.84 Å². The van der Waals surface area contributed by atoms with Crippen molar-refractivity contribution in [3.63, 3.8) is 0 Å². The van der Waals surface area contributed by atoms with Crippen LogP contribution in [-0.4, -0.2) is 16.6 Å². The Hall–Kier alpha value is -1.57. The zero-order chi connectivity index (χ0) is 14.1. The molecule has 1 aromatic carbocycles. The van der Waals surface area contributed by atoms with Crippen LogP contribution in [0, 0.1) is 5.82 Å². The number of anilines is 1. The molecule has 7 heteroatoms. The lowest BCUT2D eigenvalue weighted by Gasteiger charge is -2.19. The molecule has 0 fully saturated rings. The van der Waals surface area contributed by atoms with Crippen LogP contribution in [0.3, 0.4) is 0 Å². The van der Waals surface area contributed by atoms with Gasteiger partial charge in [0.1, 0.15) is 11.6 Å². The second-order valence-corrected chi connectivity index (χ2v) is 5.25. The monoisotopic (exact) mass is 338 g/mol. The molecule has 104 valence electrons. The summed E-state index contributed by atoms with van der Waals surface area (Å²) in [6, 6.07) is 4.40. The van der Waals surface area contributed by atoms with Crippen LogP contribution in [0.5, 0.6) is 0 Å². The number of nitrogens with one attached hydrogen (secondary N) is 1. The molecule has 0 saturated heterocycles. The number of nitrogen functional groups attached to an aromatic ring is 1. The number of halogens is 2. The average Bonchev–Trinajstić information content (AvgIpc) is 2.48. The Morgan fingerprint density at radius 1 is 1.35 bits per heavy atom. The van der Waals surface area contributed by atoms with E-state index in [0.29, 0.717) is 36.8 Å².